The number of carboxylic acid groups (broad SMARTS) is 1. The van der Waals surface area contributed by atoms with E-state index in [4.69, 9.17) is 14.6 Å². The number of hydrogen-bond acceptors (Lipinski definition) is 4. The molecule has 0 unspecified atom stereocenters. The monoisotopic (exact) mass is 265 g/mol. The van der Waals surface area contributed by atoms with Crippen LogP contribution in [0.4, 0.5) is 5.69 Å². The number of carbonyl (C=O) groups is 2. The zero-order chi connectivity index (χ0) is 14.3. The molecule has 0 aliphatic rings. The van der Waals surface area contributed by atoms with Crippen LogP contribution in [0.1, 0.15) is 24.2 Å². The third-order valence-electron chi connectivity index (χ3n) is 2.05. The quantitative estimate of drug-likeness (QED) is 0.468. The minimum Gasteiger partial charge on any atom is -0.478 e. The molecule has 0 radical (unpaired) electrons. The Morgan fingerprint density at radius 1 is 1.42 bits per heavy atom. The molecule has 0 heterocycles. The number of allylic oxidation sites excluding steroid dienone is 1. The van der Waals surface area contributed by atoms with Crippen molar-refractivity contribution in [2.75, 3.05) is 12.1 Å². The molecule has 1 aromatic rings. The molecule has 0 aliphatic carbocycles. The van der Waals surface area contributed by atoms with Gasteiger partial charge < -0.3 is 19.9 Å². The van der Waals surface area contributed by atoms with Crippen LogP contribution in [-0.2, 0) is 9.53 Å². The fraction of sp³-hybridized carbons (Fsp3) is 0.231. The minimum absolute atomic E-state index is 0.0460. The average Bonchev–Trinajstić information content (AvgIpc) is 2.35. The molecule has 1 rings (SSSR count). The molecule has 0 fully saturated rings. The standard InChI is InChI=1S/C13H15NO5/c1-3-6-18-8-19-12-5-4-10(14-9(2)15)7-11(12)13(16)17/h3-7H,8H2,1-2H3,(H,14,15)(H,16,17). The third-order valence-corrected chi connectivity index (χ3v) is 2.05. The van der Waals surface area contributed by atoms with Gasteiger partial charge in [-0.2, -0.15) is 0 Å². The number of hydrogen-bond donors (Lipinski definition) is 2. The van der Waals surface area contributed by atoms with E-state index in [0.717, 1.165) is 0 Å². The number of anilines is 1. The first-order valence-electron chi connectivity index (χ1n) is 5.55. The maximum absolute atomic E-state index is 11.1. The summed E-state index contributed by atoms with van der Waals surface area (Å²) in [4.78, 5) is 22.0. The van der Waals surface area contributed by atoms with Crippen LogP contribution >= 0.6 is 0 Å². The van der Waals surface area contributed by atoms with E-state index >= 15 is 0 Å². The topological polar surface area (TPSA) is 84.9 Å². The molecule has 6 nitrogen and oxygen atoms in total. The van der Waals surface area contributed by atoms with Gasteiger partial charge in [-0.1, -0.05) is 6.08 Å². The fourth-order valence-corrected chi connectivity index (χ4v) is 1.34. The van der Waals surface area contributed by atoms with E-state index in [1.165, 1.54) is 25.3 Å². The lowest BCUT2D eigenvalue weighted by atomic mass is 10.2. The predicted molar refractivity (Wildman–Crippen MR) is 69.1 cm³/mol. The van der Waals surface area contributed by atoms with Crippen LogP contribution in [0.3, 0.4) is 0 Å². The summed E-state index contributed by atoms with van der Waals surface area (Å²) in [5.74, 6) is -1.25. The van der Waals surface area contributed by atoms with Crippen molar-refractivity contribution >= 4 is 17.6 Å². The first-order chi connectivity index (χ1) is 9.04. The van der Waals surface area contributed by atoms with Crippen molar-refractivity contribution in [3.8, 4) is 5.75 Å². The van der Waals surface area contributed by atoms with Gasteiger partial charge in [0.2, 0.25) is 12.7 Å². The average molecular weight is 265 g/mol. The van der Waals surface area contributed by atoms with Crippen LogP contribution in [0.2, 0.25) is 0 Å². The number of amides is 1. The highest BCUT2D eigenvalue weighted by atomic mass is 16.7. The zero-order valence-electron chi connectivity index (χ0n) is 10.7. The molecular weight excluding hydrogens is 250 g/mol. The third kappa shape index (κ3) is 4.71. The molecular formula is C13H15NO5. The summed E-state index contributed by atoms with van der Waals surface area (Å²) in [6, 6.07) is 4.35. The van der Waals surface area contributed by atoms with Crippen molar-refractivity contribution in [3.05, 3.63) is 36.1 Å². The van der Waals surface area contributed by atoms with Crippen LogP contribution < -0.4 is 10.1 Å². The molecule has 1 aromatic carbocycles. The Kier molecular flexibility index (Phi) is 5.40. The Bertz CT molecular complexity index is 496. The van der Waals surface area contributed by atoms with E-state index in [-0.39, 0.29) is 24.0 Å². The van der Waals surface area contributed by atoms with Gasteiger partial charge in [-0.25, -0.2) is 4.79 Å². The number of carbonyl (C=O) groups excluding carboxylic acids is 1. The number of benzene rings is 1. The Morgan fingerprint density at radius 2 is 2.16 bits per heavy atom. The van der Waals surface area contributed by atoms with Crippen molar-refractivity contribution in [2.45, 2.75) is 13.8 Å². The van der Waals surface area contributed by atoms with Crippen molar-refractivity contribution in [3.63, 3.8) is 0 Å². The first-order valence-corrected chi connectivity index (χ1v) is 5.55. The maximum Gasteiger partial charge on any atom is 0.339 e. The summed E-state index contributed by atoms with van der Waals surface area (Å²) in [6.45, 7) is 3.03. The van der Waals surface area contributed by atoms with Gasteiger partial charge in [0, 0.05) is 12.6 Å². The van der Waals surface area contributed by atoms with Gasteiger partial charge in [0.05, 0.1) is 6.26 Å². The second-order valence-corrected chi connectivity index (χ2v) is 3.60. The largest absolute Gasteiger partial charge is 0.478 e. The van der Waals surface area contributed by atoms with Gasteiger partial charge in [0.25, 0.3) is 0 Å². The summed E-state index contributed by atoms with van der Waals surface area (Å²) in [6.07, 6.45) is 3.12. The molecule has 0 aromatic heterocycles. The van der Waals surface area contributed by atoms with E-state index in [2.05, 4.69) is 5.32 Å². The molecule has 0 atom stereocenters. The Labute approximate surface area is 110 Å². The number of ether oxygens (including phenoxy) is 2. The molecule has 0 saturated carbocycles. The lowest BCUT2D eigenvalue weighted by Crippen LogP contribution is -2.09. The Hall–Kier alpha value is -2.50. The lowest BCUT2D eigenvalue weighted by Gasteiger charge is -2.10. The van der Waals surface area contributed by atoms with Crippen LogP contribution in [0.5, 0.6) is 5.75 Å². The highest BCUT2D eigenvalue weighted by molar-refractivity contribution is 5.95. The predicted octanol–water partition coefficient (Wildman–Crippen LogP) is 2.23. The summed E-state index contributed by atoms with van der Waals surface area (Å²) in [7, 11) is 0. The molecule has 2 N–H and O–H groups in total. The number of carboxylic acids is 1. The molecule has 102 valence electrons. The van der Waals surface area contributed by atoms with Gasteiger partial charge in [0.15, 0.2) is 0 Å². The first kappa shape index (κ1) is 14.6. The van der Waals surface area contributed by atoms with Gasteiger partial charge in [0.1, 0.15) is 11.3 Å². The van der Waals surface area contributed by atoms with E-state index < -0.39 is 5.97 Å². The number of rotatable bonds is 6. The molecule has 19 heavy (non-hydrogen) atoms. The van der Waals surface area contributed by atoms with Gasteiger partial charge in [-0.15, -0.1) is 0 Å². The number of nitrogens with one attached hydrogen (secondary N) is 1. The second-order valence-electron chi connectivity index (χ2n) is 3.60. The van der Waals surface area contributed by atoms with Crippen molar-refractivity contribution in [1.82, 2.24) is 0 Å². The van der Waals surface area contributed by atoms with E-state index in [0.29, 0.717) is 5.69 Å². The molecule has 0 spiro atoms. The van der Waals surface area contributed by atoms with Crippen LogP contribution in [-0.4, -0.2) is 23.8 Å². The lowest BCUT2D eigenvalue weighted by molar-refractivity contribution is -0.114. The SMILES string of the molecule is CC=COCOc1ccc(NC(C)=O)cc1C(=O)O. The van der Waals surface area contributed by atoms with Crippen molar-refractivity contribution in [2.24, 2.45) is 0 Å². The summed E-state index contributed by atoms with van der Waals surface area (Å²) >= 11 is 0. The number of aromatic carboxylic acids is 1. The molecule has 0 bridgehead atoms. The molecule has 0 aliphatic heterocycles. The van der Waals surface area contributed by atoms with Gasteiger partial charge in [-0.3, -0.25) is 4.79 Å². The molecule has 1 amide bonds. The minimum atomic E-state index is -1.15. The summed E-state index contributed by atoms with van der Waals surface area (Å²) < 4.78 is 10.1. The fourth-order valence-electron chi connectivity index (χ4n) is 1.34. The van der Waals surface area contributed by atoms with E-state index in [1.807, 2.05) is 0 Å². The van der Waals surface area contributed by atoms with Crippen LogP contribution in [0.25, 0.3) is 0 Å². The van der Waals surface area contributed by atoms with Crippen LogP contribution in [0, 0.1) is 0 Å². The normalized spacial score (nSPS) is 10.2. The van der Waals surface area contributed by atoms with E-state index in [1.54, 1.807) is 19.1 Å². The van der Waals surface area contributed by atoms with E-state index in [9.17, 15) is 9.59 Å². The highest BCUT2D eigenvalue weighted by Gasteiger charge is 2.12. The Balaban J connectivity index is 2.85. The summed E-state index contributed by atoms with van der Waals surface area (Å²) in [5, 5.41) is 11.6. The molecule has 6 heteroatoms. The zero-order valence-corrected chi connectivity index (χ0v) is 10.7. The maximum atomic E-state index is 11.1. The Morgan fingerprint density at radius 3 is 2.74 bits per heavy atom. The molecule has 0 saturated heterocycles. The van der Waals surface area contributed by atoms with Crippen molar-refractivity contribution in [1.29, 1.82) is 0 Å². The summed E-state index contributed by atoms with van der Waals surface area (Å²) in [5.41, 5.74) is 0.349. The van der Waals surface area contributed by atoms with Gasteiger partial charge >= 0.3 is 5.97 Å². The van der Waals surface area contributed by atoms with Crippen molar-refractivity contribution < 1.29 is 24.2 Å². The smallest absolute Gasteiger partial charge is 0.339 e. The van der Waals surface area contributed by atoms with Crippen LogP contribution in [0.15, 0.2) is 30.5 Å². The second kappa shape index (κ2) is 7.05. The van der Waals surface area contributed by atoms with Gasteiger partial charge in [-0.05, 0) is 25.1 Å². The highest BCUT2D eigenvalue weighted by Crippen LogP contribution is 2.23.